The molecule has 2 aromatic carbocycles. The van der Waals surface area contributed by atoms with E-state index in [0.29, 0.717) is 0 Å². The lowest BCUT2D eigenvalue weighted by atomic mass is 9.93. The number of hydrogen-bond acceptors (Lipinski definition) is 2. The molecule has 2 heteroatoms. The first kappa shape index (κ1) is 14.8. The van der Waals surface area contributed by atoms with Crippen LogP contribution in [0.15, 0.2) is 42.5 Å². The van der Waals surface area contributed by atoms with Crippen LogP contribution in [-0.2, 0) is 12.8 Å². The third kappa shape index (κ3) is 3.27. The molecule has 0 aliphatic heterocycles. The topological polar surface area (TPSA) is 38.0 Å². The van der Waals surface area contributed by atoms with Crippen LogP contribution in [0.25, 0.3) is 0 Å². The second-order valence-electron chi connectivity index (χ2n) is 5.39. The molecule has 0 aliphatic rings. The summed E-state index contributed by atoms with van der Waals surface area (Å²) in [5, 5.41) is 0. The molecule has 0 aliphatic carbocycles. The van der Waals surface area contributed by atoms with Crippen LogP contribution in [0.5, 0.6) is 0 Å². The third-order valence-electron chi connectivity index (χ3n) is 4.04. The Balaban J connectivity index is 2.24. The average Bonchev–Trinajstić information content (AvgIpc) is 2.47. The van der Waals surface area contributed by atoms with Gasteiger partial charge in [-0.15, -0.1) is 0 Å². The zero-order valence-electron chi connectivity index (χ0n) is 12.6. The lowest BCUT2D eigenvalue weighted by Crippen LogP contribution is -2.30. The van der Waals surface area contributed by atoms with E-state index in [1.165, 1.54) is 27.8 Å². The molecular formula is C18H24N2. The van der Waals surface area contributed by atoms with Gasteiger partial charge in [0.05, 0.1) is 0 Å². The molecule has 0 fully saturated rings. The lowest BCUT2D eigenvalue weighted by molar-refractivity contribution is 0.549. The average molecular weight is 268 g/mol. The van der Waals surface area contributed by atoms with E-state index in [1.54, 1.807) is 0 Å². The van der Waals surface area contributed by atoms with Gasteiger partial charge in [-0.25, -0.2) is 0 Å². The Labute approximate surface area is 122 Å². The van der Waals surface area contributed by atoms with Gasteiger partial charge in [-0.2, -0.15) is 0 Å². The Hall–Kier alpha value is -1.64. The van der Waals surface area contributed by atoms with Crippen LogP contribution >= 0.6 is 0 Å². The minimum atomic E-state index is 0.153. The van der Waals surface area contributed by atoms with Crippen LogP contribution in [0, 0.1) is 13.8 Å². The Bertz CT molecular complexity index is 538. The molecule has 3 N–H and O–H groups in total. The maximum atomic E-state index is 5.77. The fraction of sp³-hybridized carbons (Fsp3) is 0.333. The largest absolute Gasteiger partial charge is 0.271 e. The molecule has 1 atom stereocenters. The normalized spacial score (nSPS) is 12.4. The van der Waals surface area contributed by atoms with Crippen LogP contribution < -0.4 is 11.3 Å². The number of nitrogens with one attached hydrogen (secondary N) is 1. The third-order valence-corrected chi connectivity index (χ3v) is 4.04. The highest BCUT2D eigenvalue weighted by Gasteiger charge is 2.13. The van der Waals surface area contributed by atoms with Crippen LogP contribution in [0.3, 0.4) is 0 Å². The number of benzene rings is 2. The van der Waals surface area contributed by atoms with E-state index in [4.69, 9.17) is 5.84 Å². The fourth-order valence-corrected chi connectivity index (χ4v) is 2.63. The van der Waals surface area contributed by atoms with E-state index in [-0.39, 0.29) is 6.04 Å². The van der Waals surface area contributed by atoms with E-state index in [0.717, 1.165) is 12.8 Å². The van der Waals surface area contributed by atoms with Gasteiger partial charge < -0.3 is 0 Å². The number of hydrogen-bond donors (Lipinski definition) is 2. The highest BCUT2D eigenvalue weighted by Crippen LogP contribution is 2.23. The van der Waals surface area contributed by atoms with Crippen molar-refractivity contribution < 1.29 is 0 Å². The van der Waals surface area contributed by atoms with Gasteiger partial charge >= 0.3 is 0 Å². The molecule has 106 valence electrons. The Morgan fingerprint density at radius 2 is 1.60 bits per heavy atom. The maximum Gasteiger partial charge on any atom is 0.0500 e. The standard InChI is InChI=1S/C18H24N2/c1-4-15-8-10-16(11-9-15)18(20-19)12-17-13(2)6-5-7-14(17)3/h5-11,18,20H,4,12,19H2,1-3H3. The van der Waals surface area contributed by atoms with E-state index in [2.05, 4.69) is 68.7 Å². The molecular weight excluding hydrogens is 244 g/mol. The van der Waals surface area contributed by atoms with Gasteiger partial charge in [0.25, 0.3) is 0 Å². The second kappa shape index (κ2) is 6.69. The van der Waals surface area contributed by atoms with Crippen LogP contribution in [-0.4, -0.2) is 0 Å². The number of nitrogens with two attached hydrogens (primary N) is 1. The maximum absolute atomic E-state index is 5.77. The molecule has 2 rings (SSSR count). The molecule has 1 unspecified atom stereocenters. The first-order chi connectivity index (χ1) is 9.65. The minimum absolute atomic E-state index is 0.153. The Kier molecular flexibility index (Phi) is 4.94. The monoisotopic (exact) mass is 268 g/mol. The van der Waals surface area contributed by atoms with E-state index in [1.807, 2.05) is 0 Å². The molecule has 20 heavy (non-hydrogen) atoms. The Morgan fingerprint density at radius 1 is 1.00 bits per heavy atom. The zero-order chi connectivity index (χ0) is 14.5. The molecule has 0 saturated carbocycles. The zero-order valence-corrected chi connectivity index (χ0v) is 12.6. The van der Waals surface area contributed by atoms with Gasteiger partial charge in [0, 0.05) is 6.04 Å². The summed E-state index contributed by atoms with van der Waals surface area (Å²) < 4.78 is 0. The Morgan fingerprint density at radius 3 is 2.10 bits per heavy atom. The lowest BCUT2D eigenvalue weighted by Gasteiger charge is -2.19. The molecule has 2 nitrogen and oxygen atoms in total. The van der Waals surface area contributed by atoms with Gasteiger partial charge in [0.15, 0.2) is 0 Å². The van der Waals surface area contributed by atoms with Crippen molar-refractivity contribution in [2.75, 3.05) is 0 Å². The van der Waals surface area contributed by atoms with Crippen molar-refractivity contribution in [3.8, 4) is 0 Å². The molecule has 0 spiro atoms. The summed E-state index contributed by atoms with van der Waals surface area (Å²) in [4.78, 5) is 0. The van der Waals surface area contributed by atoms with Crippen LogP contribution in [0.4, 0.5) is 0 Å². The SMILES string of the molecule is CCc1ccc(C(Cc2c(C)cccc2C)NN)cc1. The summed E-state index contributed by atoms with van der Waals surface area (Å²) in [7, 11) is 0. The number of hydrazine groups is 1. The summed E-state index contributed by atoms with van der Waals surface area (Å²) in [6.45, 7) is 6.50. The summed E-state index contributed by atoms with van der Waals surface area (Å²) in [5.41, 5.74) is 9.60. The highest BCUT2D eigenvalue weighted by molar-refractivity contribution is 5.36. The molecule has 0 saturated heterocycles. The number of rotatable bonds is 5. The number of aryl methyl sites for hydroxylation is 3. The second-order valence-corrected chi connectivity index (χ2v) is 5.39. The molecule has 0 heterocycles. The molecule has 0 bridgehead atoms. The van der Waals surface area contributed by atoms with Gasteiger partial charge in [-0.3, -0.25) is 11.3 Å². The predicted molar refractivity (Wildman–Crippen MR) is 85.5 cm³/mol. The van der Waals surface area contributed by atoms with Gasteiger partial charge in [-0.05, 0) is 54.5 Å². The van der Waals surface area contributed by atoms with Crippen molar-refractivity contribution in [3.05, 3.63) is 70.3 Å². The summed E-state index contributed by atoms with van der Waals surface area (Å²) in [6, 6.07) is 15.3. The van der Waals surface area contributed by atoms with Crippen molar-refractivity contribution >= 4 is 0 Å². The predicted octanol–water partition coefficient (Wildman–Crippen LogP) is 3.61. The summed E-state index contributed by atoms with van der Waals surface area (Å²) >= 11 is 0. The van der Waals surface area contributed by atoms with Gasteiger partial charge in [0.1, 0.15) is 0 Å². The molecule has 2 aromatic rings. The fourth-order valence-electron chi connectivity index (χ4n) is 2.63. The minimum Gasteiger partial charge on any atom is -0.271 e. The summed E-state index contributed by atoms with van der Waals surface area (Å²) in [5.74, 6) is 5.77. The van der Waals surface area contributed by atoms with Crippen molar-refractivity contribution in [2.24, 2.45) is 5.84 Å². The smallest absolute Gasteiger partial charge is 0.0500 e. The van der Waals surface area contributed by atoms with E-state index < -0.39 is 0 Å². The van der Waals surface area contributed by atoms with E-state index in [9.17, 15) is 0 Å². The molecule has 0 amide bonds. The van der Waals surface area contributed by atoms with Crippen molar-refractivity contribution in [3.63, 3.8) is 0 Å². The quantitative estimate of drug-likeness (QED) is 0.642. The van der Waals surface area contributed by atoms with Crippen molar-refractivity contribution in [1.29, 1.82) is 0 Å². The first-order valence-electron chi connectivity index (χ1n) is 7.25. The molecule has 0 radical (unpaired) electrons. The van der Waals surface area contributed by atoms with Crippen LogP contribution in [0.1, 0.15) is 40.8 Å². The first-order valence-corrected chi connectivity index (χ1v) is 7.25. The molecule has 0 aromatic heterocycles. The van der Waals surface area contributed by atoms with Crippen molar-refractivity contribution in [1.82, 2.24) is 5.43 Å². The highest BCUT2D eigenvalue weighted by atomic mass is 15.2. The summed E-state index contributed by atoms with van der Waals surface area (Å²) in [6.07, 6.45) is 1.98. The van der Waals surface area contributed by atoms with Crippen LogP contribution in [0.2, 0.25) is 0 Å². The van der Waals surface area contributed by atoms with Crippen molar-refractivity contribution in [2.45, 2.75) is 39.7 Å². The van der Waals surface area contributed by atoms with E-state index >= 15 is 0 Å². The van der Waals surface area contributed by atoms with Gasteiger partial charge in [0.2, 0.25) is 0 Å². The van der Waals surface area contributed by atoms with Gasteiger partial charge in [-0.1, -0.05) is 49.4 Å².